The van der Waals surface area contributed by atoms with Crippen LogP contribution in [0.25, 0.3) is 0 Å². The number of rotatable bonds is 3. The highest BCUT2D eigenvalue weighted by Crippen LogP contribution is 2.19. The van der Waals surface area contributed by atoms with Gasteiger partial charge in [-0.2, -0.15) is 0 Å². The number of hydrogen-bond donors (Lipinski definition) is 0. The molecule has 0 unspecified atom stereocenters. The fraction of sp³-hybridized carbons (Fsp3) is 0.235. The van der Waals surface area contributed by atoms with Crippen LogP contribution in [-0.2, 0) is 6.54 Å². The quantitative estimate of drug-likeness (QED) is 0.819. The SMILES string of the molecule is Cc1cccc(CN(C)C(=O)c2ccc(C)c(Br)c2)c1. The lowest BCUT2D eigenvalue weighted by molar-refractivity contribution is 0.0785. The molecule has 1 amide bonds. The minimum Gasteiger partial charge on any atom is -0.337 e. The first kappa shape index (κ1) is 14.8. The smallest absolute Gasteiger partial charge is 0.253 e. The zero-order valence-electron chi connectivity index (χ0n) is 12.0. The van der Waals surface area contributed by atoms with E-state index in [0.717, 1.165) is 15.6 Å². The van der Waals surface area contributed by atoms with Gasteiger partial charge in [-0.15, -0.1) is 0 Å². The van der Waals surface area contributed by atoms with Gasteiger partial charge in [-0.3, -0.25) is 4.79 Å². The molecular weight excluding hydrogens is 314 g/mol. The molecule has 0 aliphatic carbocycles. The van der Waals surface area contributed by atoms with E-state index in [1.165, 1.54) is 5.56 Å². The number of aryl methyl sites for hydroxylation is 2. The van der Waals surface area contributed by atoms with Crippen molar-refractivity contribution in [1.29, 1.82) is 0 Å². The van der Waals surface area contributed by atoms with Crippen molar-refractivity contribution in [2.45, 2.75) is 20.4 Å². The van der Waals surface area contributed by atoms with Gasteiger partial charge in [0.1, 0.15) is 0 Å². The summed E-state index contributed by atoms with van der Waals surface area (Å²) in [7, 11) is 1.83. The molecule has 0 N–H and O–H groups in total. The highest BCUT2D eigenvalue weighted by Gasteiger charge is 2.13. The fourth-order valence-corrected chi connectivity index (χ4v) is 2.48. The van der Waals surface area contributed by atoms with E-state index in [9.17, 15) is 4.79 Å². The van der Waals surface area contributed by atoms with Gasteiger partial charge in [0.2, 0.25) is 0 Å². The summed E-state index contributed by atoms with van der Waals surface area (Å²) < 4.78 is 0.965. The summed E-state index contributed by atoms with van der Waals surface area (Å²) in [6, 6.07) is 13.9. The van der Waals surface area contributed by atoms with Crippen LogP contribution in [0.2, 0.25) is 0 Å². The van der Waals surface area contributed by atoms with Crippen LogP contribution in [0, 0.1) is 13.8 Å². The Hall–Kier alpha value is -1.61. The number of amides is 1. The molecule has 0 aromatic heterocycles. The average Bonchev–Trinajstić information content (AvgIpc) is 2.41. The first-order valence-corrected chi connectivity index (χ1v) is 7.34. The highest BCUT2D eigenvalue weighted by molar-refractivity contribution is 9.10. The van der Waals surface area contributed by atoms with Crippen molar-refractivity contribution < 1.29 is 4.79 Å². The number of benzene rings is 2. The molecule has 2 nitrogen and oxygen atoms in total. The van der Waals surface area contributed by atoms with E-state index in [2.05, 4.69) is 35.0 Å². The molecule has 2 aromatic rings. The fourth-order valence-electron chi connectivity index (χ4n) is 2.10. The lowest BCUT2D eigenvalue weighted by atomic mass is 10.1. The van der Waals surface area contributed by atoms with E-state index < -0.39 is 0 Å². The number of carbonyl (C=O) groups is 1. The second-order valence-corrected chi connectivity index (χ2v) is 5.97. The van der Waals surface area contributed by atoms with Crippen molar-refractivity contribution in [3.05, 3.63) is 69.2 Å². The summed E-state index contributed by atoms with van der Waals surface area (Å²) in [5.74, 6) is 0.0345. The van der Waals surface area contributed by atoms with E-state index >= 15 is 0 Å². The Morgan fingerprint density at radius 3 is 2.55 bits per heavy atom. The highest BCUT2D eigenvalue weighted by atomic mass is 79.9. The standard InChI is InChI=1S/C17H18BrNO/c1-12-5-4-6-14(9-12)11-19(3)17(20)15-8-7-13(2)16(18)10-15/h4-10H,11H2,1-3H3. The summed E-state index contributed by atoms with van der Waals surface area (Å²) >= 11 is 3.47. The number of carbonyl (C=O) groups excluding carboxylic acids is 1. The van der Waals surface area contributed by atoms with Crippen LogP contribution in [0.1, 0.15) is 27.0 Å². The zero-order valence-corrected chi connectivity index (χ0v) is 13.6. The van der Waals surface area contributed by atoms with Crippen LogP contribution in [0.3, 0.4) is 0 Å². The average molecular weight is 332 g/mol. The van der Waals surface area contributed by atoms with Crippen LogP contribution < -0.4 is 0 Å². The third-order valence-corrected chi connectivity index (χ3v) is 4.12. The van der Waals surface area contributed by atoms with Crippen molar-refractivity contribution in [1.82, 2.24) is 4.90 Å². The van der Waals surface area contributed by atoms with Gasteiger partial charge in [-0.1, -0.05) is 51.8 Å². The van der Waals surface area contributed by atoms with Gasteiger partial charge in [0.25, 0.3) is 5.91 Å². The van der Waals surface area contributed by atoms with Crippen molar-refractivity contribution in [2.24, 2.45) is 0 Å². The van der Waals surface area contributed by atoms with Gasteiger partial charge >= 0.3 is 0 Å². The van der Waals surface area contributed by atoms with Crippen LogP contribution in [0.4, 0.5) is 0 Å². The van der Waals surface area contributed by atoms with Gasteiger partial charge in [-0.05, 0) is 37.1 Å². The van der Waals surface area contributed by atoms with Crippen LogP contribution in [0.15, 0.2) is 46.9 Å². The molecular formula is C17H18BrNO. The van der Waals surface area contributed by atoms with Gasteiger partial charge in [0, 0.05) is 23.6 Å². The zero-order chi connectivity index (χ0) is 14.7. The molecule has 0 aliphatic rings. The predicted molar refractivity (Wildman–Crippen MR) is 85.9 cm³/mol. The Morgan fingerprint density at radius 2 is 1.90 bits per heavy atom. The third kappa shape index (κ3) is 3.48. The minimum atomic E-state index is 0.0345. The molecule has 0 aliphatic heterocycles. The molecule has 0 fully saturated rings. The Bertz CT molecular complexity index is 637. The van der Waals surface area contributed by atoms with Crippen molar-refractivity contribution in [3.63, 3.8) is 0 Å². The molecule has 0 atom stereocenters. The Labute approximate surface area is 128 Å². The number of halogens is 1. The summed E-state index contributed by atoms with van der Waals surface area (Å²) in [5.41, 5.74) is 4.19. The Balaban J connectivity index is 2.14. The van der Waals surface area contributed by atoms with E-state index in [-0.39, 0.29) is 5.91 Å². The summed E-state index contributed by atoms with van der Waals surface area (Å²) in [6.45, 7) is 4.68. The maximum Gasteiger partial charge on any atom is 0.253 e. The van der Waals surface area contributed by atoms with Crippen molar-refractivity contribution in [2.75, 3.05) is 7.05 Å². The molecule has 2 rings (SSSR count). The molecule has 0 heterocycles. The molecule has 104 valence electrons. The molecule has 0 saturated carbocycles. The maximum atomic E-state index is 12.4. The third-order valence-electron chi connectivity index (χ3n) is 3.27. The lowest BCUT2D eigenvalue weighted by Crippen LogP contribution is -2.26. The van der Waals surface area contributed by atoms with Gasteiger partial charge < -0.3 is 4.90 Å². The minimum absolute atomic E-state index is 0.0345. The van der Waals surface area contributed by atoms with Gasteiger partial charge in [0.05, 0.1) is 0 Å². The van der Waals surface area contributed by atoms with Gasteiger partial charge in [-0.25, -0.2) is 0 Å². The predicted octanol–water partition coefficient (Wildman–Crippen LogP) is 4.34. The largest absolute Gasteiger partial charge is 0.337 e. The van der Waals surface area contributed by atoms with E-state index in [4.69, 9.17) is 0 Å². The first-order valence-electron chi connectivity index (χ1n) is 6.54. The Kier molecular flexibility index (Phi) is 4.61. The molecule has 0 spiro atoms. The first-order chi connectivity index (χ1) is 9.47. The molecule has 3 heteroatoms. The van der Waals surface area contributed by atoms with Crippen LogP contribution in [-0.4, -0.2) is 17.9 Å². The van der Waals surface area contributed by atoms with Crippen LogP contribution >= 0.6 is 15.9 Å². The van der Waals surface area contributed by atoms with E-state index in [0.29, 0.717) is 12.1 Å². The monoisotopic (exact) mass is 331 g/mol. The van der Waals surface area contributed by atoms with Crippen molar-refractivity contribution >= 4 is 21.8 Å². The van der Waals surface area contributed by atoms with Crippen molar-refractivity contribution in [3.8, 4) is 0 Å². The normalized spacial score (nSPS) is 10.4. The second-order valence-electron chi connectivity index (χ2n) is 5.11. The number of hydrogen-bond acceptors (Lipinski definition) is 1. The molecule has 20 heavy (non-hydrogen) atoms. The molecule has 0 bridgehead atoms. The molecule has 0 radical (unpaired) electrons. The Morgan fingerprint density at radius 1 is 1.15 bits per heavy atom. The summed E-state index contributed by atoms with van der Waals surface area (Å²) in [4.78, 5) is 14.1. The van der Waals surface area contributed by atoms with E-state index in [1.54, 1.807) is 4.90 Å². The van der Waals surface area contributed by atoms with Gasteiger partial charge in [0.15, 0.2) is 0 Å². The summed E-state index contributed by atoms with van der Waals surface area (Å²) in [5, 5.41) is 0. The topological polar surface area (TPSA) is 20.3 Å². The molecule has 2 aromatic carbocycles. The van der Waals surface area contributed by atoms with Crippen LogP contribution in [0.5, 0.6) is 0 Å². The summed E-state index contributed by atoms with van der Waals surface area (Å²) in [6.07, 6.45) is 0. The molecule has 0 saturated heterocycles. The second kappa shape index (κ2) is 6.23. The van der Waals surface area contributed by atoms with E-state index in [1.807, 2.05) is 44.3 Å². The maximum absolute atomic E-state index is 12.4. The lowest BCUT2D eigenvalue weighted by Gasteiger charge is -2.18. The number of nitrogens with zero attached hydrogens (tertiary/aromatic N) is 1.